The zero-order valence-electron chi connectivity index (χ0n) is 36.7. The summed E-state index contributed by atoms with van der Waals surface area (Å²) in [5.41, 5.74) is 22.5. The van der Waals surface area contributed by atoms with Gasteiger partial charge in [-0.2, -0.15) is 0 Å². The smallest absolute Gasteiger partial charge is 0.160 e. The molecule has 1 spiro atoms. The van der Waals surface area contributed by atoms with Gasteiger partial charge in [-0.3, -0.25) is 0 Å². The molecule has 308 valence electrons. The van der Waals surface area contributed by atoms with E-state index in [2.05, 4.69) is 232 Å². The van der Waals surface area contributed by atoms with Crippen molar-refractivity contribution in [1.29, 1.82) is 0 Å². The van der Waals surface area contributed by atoms with Gasteiger partial charge in [0.2, 0.25) is 0 Å². The van der Waals surface area contributed by atoms with Crippen LogP contribution in [0.2, 0.25) is 0 Å². The Hall–Kier alpha value is -8.20. The van der Waals surface area contributed by atoms with Gasteiger partial charge in [0.1, 0.15) is 0 Å². The fraction of sp³-hybridized carbons (Fsp3) is 0.0625. The van der Waals surface area contributed by atoms with Crippen molar-refractivity contribution < 1.29 is 0 Å². The van der Waals surface area contributed by atoms with Gasteiger partial charge in [-0.25, -0.2) is 9.97 Å². The zero-order chi connectivity index (χ0) is 43.7. The number of hydrogen-bond donors (Lipinski definition) is 0. The fourth-order valence-corrected chi connectivity index (χ4v) is 12.3. The summed E-state index contributed by atoms with van der Waals surface area (Å²) in [6.07, 6.45) is 0. The molecule has 0 N–H and O–H groups in total. The Morgan fingerprint density at radius 1 is 0.318 bits per heavy atom. The van der Waals surface area contributed by atoms with Crippen LogP contribution >= 0.6 is 0 Å². The van der Waals surface area contributed by atoms with Gasteiger partial charge in [0, 0.05) is 22.1 Å². The van der Waals surface area contributed by atoms with Gasteiger partial charge in [0.05, 0.1) is 16.8 Å². The SMILES string of the molecule is CC1(C)c2cc3ccccc3cc2-c2c(-c3ccc(-c4cc(-c5cccc6c5C5(c7ccccc7-c7ccccc75)c5ccccc5-6)nc(-c5ccccc5)n4)c4ccccc34)cccc21. The van der Waals surface area contributed by atoms with Crippen molar-refractivity contribution in [2.24, 2.45) is 0 Å². The number of fused-ring (bicyclic) bond motifs is 15. The molecule has 11 aromatic rings. The van der Waals surface area contributed by atoms with E-state index in [1.807, 2.05) is 0 Å². The molecule has 0 saturated carbocycles. The van der Waals surface area contributed by atoms with Gasteiger partial charge < -0.3 is 0 Å². The van der Waals surface area contributed by atoms with Crippen LogP contribution in [-0.4, -0.2) is 9.97 Å². The highest BCUT2D eigenvalue weighted by Crippen LogP contribution is 2.64. The Morgan fingerprint density at radius 2 is 0.803 bits per heavy atom. The van der Waals surface area contributed by atoms with Gasteiger partial charge in [0.25, 0.3) is 0 Å². The highest BCUT2D eigenvalue weighted by Gasteiger charge is 2.52. The van der Waals surface area contributed by atoms with Crippen LogP contribution in [0.15, 0.2) is 218 Å². The standard InChI is InChI=1S/C64H42N2/c1-63(2)56-33-17-27-49(60(56)52-36-40-20-6-7-21-41(40)37-57(52)63)44-34-35-48(43-23-9-8-22-42(43)44)58-38-59(66-62(65-58)39-18-4-3-5-19-39)51-29-16-28-50-47-26-12-15-32-55(47)64(61(50)51)53-30-13-10-24-45(53)46-25-11-14-31-54(46)64/h3-38H,1-2H3. The first-order valence-electron chi connectivity index (χ1n) is 23.1. The second kappa shape index (κ2) is 13.7. The lowest BCUT2D eigenvalue weighted by Gasteiger charge is -2.32. The van der Waals surface area contributed by atoms with Gasteiger partial charge in [-0.1, -0.05) is 214 Å². The van der Waals surface area contributed by atoms with Crippen LogP contribution in [0, 0.1) is 0 Å². The van der Waals surface area contributed by atoms with Crippen molar-refractivity contribution in [1.82, 2.24) is 9.97 Å². The topological polar surface area (TPSA) is 25.8 Å². The van der Waals surface area contributed by atoms with Gasteiger partial charge in [-0.15, -0.1) is 0 Å². The second-order valence-electron chi connectivity index (χ2n) is 18.7. The Morgan fingerprint density at radius 3 is 1.50 bits per heavy atom. The average Bonchev–Trinajstić information content (AvgIpc) is 3.94. The first kappa shape index (κ1) is 37.2. The minimum Gasteiger partial charge on any atom is -0.228 e. The highest BCUT2D eigenvalue weighted by molar-refractivity contribution is 6.09. The normalized spacial score (nSPS) is 14.2. The third-order valence-electron chi connectivity index (χ3n) is 15.1. The zero-order valence-corrected chi connectivity index (χ0v) is 36.7. The van der Waals surface area contributed by atoms with E-state index < -0.39 is 5.41 Å². The molecule has 14 rings (SSSR count). The number of rotatable bonds is 4. The molecule has 3 aliphatic rings. The number of hydrogen-bond acceptors (Lipinski definition) is 2. The summed E-state index contributed by atoms with van der Waals surface area (Å²) in [7, 11) is 0. The molecule has 10 aromatic carbocycles. The highest BCUT2D eigenvalue weighted by atomic mass is 14.9. The van der Waals surface area contributed by atoms with Crippen molar-refractivity contribution in [2.75, 3.05) is 0 Å². The maximum absolute atomic E-state index is 5.54. The minimum absolute atomic E-state index is 0.133. The molecule has 66 heavy (non-hydrogen) atoms. The van der Waals surface area contributed by atoms with Crippen LogP contribution in [0.3, 0.4) is 0 Å². The summed E-state index contributed by atoms with van der Waals surface area (Å²) in [4.78, 5) is 11.0. The molecule has 0 atom stereocenters. The largest absolute Gasteiger partial charge is 0.228 e. The van der Waals surface area contributed by atoms with Crippen molar-refractivity contribution in [3.05, 3.63) is 252 Å². The van der Waals surface area contributed by atoms with E-state index in [9.17, 15) is 0 Å². The Bertz CT molecular complexity index is 3790. The molecular weight excluding hydrogens is 797 g/mol. The Labute approximate surface area is 384 Å². The van der Waals surface area contributed by atoms with E-state index in [1.54, 1.807) is 0 Å². The molecule has 0 saturated heterocycles. The second-order valence-corrected chi connectivity index (χ2v) is 18.7. The predicted molar refractivity (Wildman–Crippen MR) is 273 cm³/mol. The lowest BCUT2D eigenvalue weighted by Crippen LogP contribution is -2.26. The molecule has 0 fully saturated rings. The molecular formula is C64H42N2. The third kappa shape index (κ3) is 4.96. The lowest BCUT2D eigenvalue weighted by atomic mass is 9.69. The molecule has 1 heterocycles. The fourth-order valence-electron chi connectivity index (χ4n) is 12.3. The van der Waals surface area contributed by atoms with Crippen LogP contribution < -0.4 is 0 Å². The van der Waals surface area contributed by atoms with Crippen LogP contribution in [0.5, 0.6) is 0 Å². The van der Waals surface area contributed by atoms with Crippen molar-refractivity contribution in [3.8, 4) is 78.4 Å². The van der Waals surface area contributed by atoms with E-state index >= 15 is 0 Å². The van der Waals surface area contributed by atoms with E-state index in [-0.39, 0.29) is 5.41 Å². The van der Waals surface area contributed by atoms with Gasteiger partial charge in [0.15, 0.2) is 5.82 Å². The maximum Gasteiger partial charge on any atom is 0.160 e. The molecule has 2 nitrogen and oxygen atoms in total. The summed E-state index contributed by atoms with van der Waals surface area (Å²) in [6.45, 7) is 4.75. The molecule has 0 radical (unpaired) electrons. The van der Waals surface area contributed by atoms with E-state index in [4.69, 9.17) is 9.97 Å². The maximum atomic E-state index is 5.54. The summed E-state index contributed by atoms with van der Waals surface area (Å²) >= 11 is 0. The minimum atomic E-state index is -0.516. The molecule has 3 aliphatic carbocycles. The van der Waals surface area contributed by atoms with E-state index in [1.165, 1.54) is 94.0 Å². The third-order valence-corrected chi connectivity index (χ3v) is 15.1. The lowest BCUT2D eigenvalue weighted by molar-refractivity contribution is 0.661. The molecule has 0 bridgehead atoms. The summed E-state index contributed by atoms with van der Waals surface area (Å²) in [6, 6.07) is 80.6. The Kier molecular flexibility index (Phi) is 7.70. The van der Waals surface area contributed by atoms with Crippen molar-refractivity contribution in [2.45, 2.75) is 24.7 Å². The first-order valence-corrected chi connectivity index (χ1v) is 23.1. The van der Waals surface area contributed by atoms with Gasteiger partial charge in [-0.05, 0) is 118 Å². The van der Waals surface area contributed by atoms with Crippen LogP contribution in [0.1, 0.15) is 47.2 Å². The predicted octanol–water partition coefficient (Wildman–Crippen LogP) is 16.1. The summed E-state index contributed by atoms with van der Waals surface area (Å²) in [5.74, 6) is 0.706. The Balaban J connectivity index is 1.01. The summed E-state index contributed by atoms with van der Waals surface area (Å²) in [5, 5.41) is 4.91. The van der Waals surface area contributed by atoms with Crippen LogP contribution in [0.4, 0.5) is 0 Å². The molecule has 2 heteroatoms. The molecule has 0 amide bonds. The summed E-state index contributed by atoms with van der Waals surface area (Å²) < 4.78 is 0. The van der Waals surface area contributed by atoms with Gasteiger partial charge >= 0.3 is 0 Å². The van der Waals surface area contributed by atoms with Crippen LogP contribution in [0.25, 0.3) is 100.0 Å². The van der Waals surface area contributed by atoms with Crippen molar-refractivity contribution in [3.63, 3.8) is 0 Å². The quantitative estimate of drug-likeness (QED) is 0.176. The molecule has 0 unspecified atom stereocenters. The molecule has 1 aromatic heterocycles. The van der Waals surface area contributed by atoms with E-state index in [0.717, 1.165) is 33.5 Å². The monoisotopic (exact) mass is 838 g/mol. The number of nitrogens with zero attached hydrogens (tertiary/aromatic N) is 2. The van der Waals surface area contributed by atoms with Crippen molar-refractivity contribution >= 4 is 21.5 Å². The van der Waals surface area contributed by atoms with Crippen LogP contribution in [-0.2, 0) is 10.8 Å². The molecule has 0 aliphatic heterocycles. The first-order chi connectivity index (χ1) is 32.5. The number of benzene rings is 10. The van der Waals surface area contributed by atoms with E-state index in [0.29, 0.717) is 5.82 Å². The number of aromatic nitrogens is 2. The average molecular weight is 839 g/mol.